The molecule has 6 heteroatoms. The van der Waals surface area contributed by atoms with E-state index in [2.05, 4.69) is 5.32 Å². The zero-order valence-corrected chi connectivity index (χ0v) is 11.8. The van der Waals surface area contributed by atoms with Gasteiger partial charge in [0.2, 0.25) is 0 Å². The molecule has 1 aromatic carbocycles. The van der Waals surface area contributed by atoms with Crippen molar-refractivity contribution in [3.63, 3.8) is 0 Å². The first-order valence-electron chi connectivity index (χ1n) is 6.24. The van der Waals surface area contributed by atoms with Crippen LogP contribution in [-0.4, -0.2) is 28.8 Å². The van der Waals surface area contributed by atoms with Crippen molar-refractivity contribution in [2.75, 3.05) is 5.73 Å². The van der Waals surface area contributed by atoms with E-state index in [1.807, 2.05) is 0 Å². The lowest BCUT2D eigenvalue weighted by Crippen LogP contribution is -2.44. The van der Waals surface area contributed by atoms with E-state index in [1.165, 1.54) is 0 Å². The van der Waals surface area contributed by atoms with E-state index in [0.29, 0.717) is 5.69 Å². The molecule has 0 aliphatic carbocycles. The Morgan fingerprint density at radius 2 is 2.05 bits per heavy atom. The molecule has 0 bridgehead atoms. The number of ether oxygens (including phenoxy) is 1. The number of nitrogens with two attached hydrogens (primary N) is 1. The Kier molecular flexibility index (Phi) is 4.96. The summed E-state index contributed by atoms with van der Waals surface area (Å²) in [5.74, 6) is -1.13. The second-order valence-corrected chi connectivity index (χ2v) is 5.49. The molecular weight excluding hydrogens is 260 g/mol. The van der Waals surface area contributed by atoms with Gasteiger partial charge >= 0.3 is 12.1 Å². The maximum absolute atomic E-state index is 11.6. The molecule has 0 aliphatic rings. The summed E-state index contributed by atoms with van der Waals surface area (Å²) in [5.41, 5.74) is 6.23. The Morgan fingerprint density at radius 1 is 1.40 bits per heavy atom. The number of carboxylic acid groups (broad SMARTS) is 1. The molecule has 1 amide bonds. The van der Waals surface area contributed by atoms with Crippen molar-refractivity contribution in [2.45, 2.75) is 38.8 Å². The third-order valence-corrected chi connectivity index (χ3v) is 2.38. The molecule has 0 saturated heterocycles. The molecule has 0 saturated carbocycles. The normalized spacial score (nSPS) is 12.6. The average molecular weight is 280 g/mol. The number of alkyl carbamates (subject to hydrolysis) is 1. The Bertz CT molecular complexity index is 494. The molecule has 0 heterocycles. The van der Waals surface area contributed by atoms with Crippen molar-refractivity contribution in [1.29, 1.82) is 0 Å². The monoisotopic (exact) mass is 280 g/mol. The van der Waals surface area contributed by atoms with Crippen LogP contribution in [0, 0.1) is 0 Å². The highest BCUT2D eigenvalue weighted by atomic mass is 16.6. The molecule has 0 aliphatic heterocycles. The quantitative estimate of drug-likeness (QED) is 0.730. The molecule has 0 unspecified atom stereocenters. The van der Waals surface area contributed by atoms with E-state index in [-0.39, 0.29) is 6.42 Å². The molecule has 1 aromatic rings. The van der Waals surface area contributed by atoms with Crippen molar-refractivity contribution in [3.05, 3.63) is 29.8 Å². The predicted octanol–water partition coefficient (Wildman–Crippen LogP) is 1.79. The molecule has 4 N–H and O–H groups in total. The van der Waals surface area contributed by atoms with Gasteiger partial charge in [-0.1, -0.05) is 12.1 Å². The highest BCUT2D eigenvalue weighted by Crippen LogP contribution is 2.11. The lowest BCUT2D eigenvalue weighted by molar-refractivity contribution is -0.139. The van der Waals surface area contributed by atoms with Crippen LogP contribution in [0.3, 0.4) is 0 Å². The van der Waals surface area contributed by atoms with Gasteiger partial charge in [0.05, 0.1) is 0 Å². The molecule has 1 atom stereocenters. The van der Waals surface area contributed by atoms with Crippen LogP contribution in [0.4, 0.5) is 10.5 Å². The molecule has 1 rings (SSSR count). The SMILES string of the molecule is CC(C)(C)OC(=O)N[C@H](Cc1cccc(N)c1)C(=O)O. The lowest BCUT2D eigenvalue weighted by Gasteiger charge is -2.22. The van der Waals surface area contributed by atoms with Crippen molar-refractivity contribution < 1.29 is 19.4 Å². The highest BCUT2D eigenvalue weighted by Gasteiger charge is 2.24. The molecule has 0 radical (unpaired) electrons. The predicted molar refractivity (Wildman–Crippen MR) is 75.4 cm³/mol. The molecule has 6 nitrogen and oxygen atoms in total. The number of nitrogen functional groups attached to an aromatic ring is 1. The molecule has 0 fully saturated rings. The smallest absolute Gasteiger partial charge is 0.408 e. The van der Waals surface area contributed by atoms with Gasteiger partial charge in [0, 0.05) is 12.1 Å². The number of hydrogen-bond donors (Lipinski definition) is 3. The van der Waals surface area contributed by atoms with Crippen LogP contribution >= 0.6 is 0 Å². The fourth-order valence-electron chi connectivity index (χ4n) is 1.61. The standard InChI is InChI=1S/C14H20N2O4/c1-14(2,3)20-13(19)16-11(12(17)18)8-9-5-4-6-10(15)7-9/h4-7,11H,8,15H2,1-3H3,(H,16,19)(H,17,18)/t11-/m1/s1. The number of benzene rings is 1. The summed E-state index contributed by atoms with van der Waals surface area (Å²) >= 11 is 0. The number of carbonyl (C=O) groups excluding carboxylic acids is 1. The van der Waals surface area contributed by atoms with Gasteiger partial charge in [-0.05, 0) is 38.5 Å². The molecule has 0 spiro atoms. The van der Waals surface area contributed by atoms with Gasteiger partial charge in [0.15, 0.2) is 0 Å². The summed E-state index contributed by atoms with van der Waals surface area (Å²) in [6.07, 6.45) is -0.617. The van der Waals surface area contributed by atoms with Gasteiger partial charge < -0.3 is 20.9 Å². The van der Waals surface area contributed by atoms with Crippen molar-refractivity contribution in [2.24, 2.45) is 0 Å². The number of carbonyl (C=O) groups is 2. The summed E-state index contributed by atoms with van der Waals surface area (Å²) in [6, 6.07) is 5.81. The van der Waals surface area contributed by atoms with Crippen LogP contribution in [0.15, 0.2) is 24.3 Å². The number of nitrogens with one attached hydrogen (secondary N) is 1. The summed E-state index contributed by atoms with van der Waals surface area (Å²) < 4.78 is 5.04. The molecular formula is C14H20N2O4. The summed E-state index contributed by atoms with van der Waals surface area (Å²) in [5, 5.41) is 11.5. The molecule has 110 valence electrons. The second-order valence-electron chi connectivity index (χ2n) is 5.49. The Labute approximate surface area is 117 Å². The number of amides is 1. The highest BCUT2D eigenvalue weighted by molar-refractivity contribution is 5.80. The number of anilines is 1. The van der Waals surface area contributed by atoms with Gasteiger partial charge in [0.1, 0.15) is 11.6 Å². The maximum Gasteiger partial charge on any atom is 0.408 e. The summed E-state index contributed by atoms with van der Waals surface area (Å²) in [7, 11) is 0. The average Bonchev–Trinajstić information content (AvgIpc) is 2.25. The minimum Gasteiger partial charge on any atom is -0.480 e. The first kappa shape index (κ1) is 15.8. The van der Waals surface area contributed by atoms with Gasteiger partial charge in [-0.15, -0.1) is 0 Å². The minimum absolute atomic E-state index is 0.139. The third kappa shape index (κ3) is 5.60. The van der Waals surface area contributed by atoms with E-state index in [4.69, 9.17) is 15.6 Å². The van der Waals surface area contributed by atoms with Crippen molar-refractivity contribution in [1.82, 2.24) is 5.32 Å². The minimum atomic E-state index is -1.13. The largest absolute Gasteiger partial charge is 0.480 e. The maximum atomic E-state index is 11.6. The zero-order valence-electron chi connectivity index (χ0n) is 11.8. The van der Waals surface area contributed by atoms with Crippen LogP contribution in [0.1, 0.15) is 26.3 Å². The van der Waals surface area contributed by atoms with Crippen LogP contribution in [0.2, 0.25) is 0 Å². The summed E-state index contributed by atoms with van der Waals surface area (Å²) in [4.78, 5) is 22.8. The second kappa shape index (κ2) is 6.27. The molecule has 0 aromatic heterocycles. The number of aliphatic carboxylic acids is 1. The fraction of sp³-hybridized carbons (Fsp3) is 0.429. The van der Waals surface area contributed by atoms with Crippen LogP contribution < -0.4 is 11.1 Å². The van der Waals surface area contributed by atoms with Crippen LogP contribution in [-0.2, 0) is 16.0 Å². The number of carboxylic acids is 1. The van der Waals surface area contributed by atoms with E-state index in [0.717, 1.165) is 5.56 Å². The molecule has 20 heavy (non-hydrogen) atoms. The van der Waals surface area contributed by atoms with E-state index >= 15 is 0 Å². The van der Waals surface area contributed by atoms with Gasteiger partial charge in [-0.25, -0.2) is 9.59 Å². The van der Waals surface area contributed by atoms with Crippen LogP contribution in [0.25, 0.3) is 0 Å². The lowest BCUT2D eigenvalue weighted by atomic mass is 10.1. The summed E-state index contributed by atoms with van der Waals surface area (Å²) in [6.45, 7) is 5.13. The number of rotatable bonds is 4. The van der Waals surface area contributed by atoms with Crippen molar-refractivity contribution in [3.8, 4) is 0 Å². The van der Waals surface area contributed by atoms with E-state index in [1.54, 1.807) is 45.0 Å². The first-order valence-corrected chi connectivity index (χ1v) is 6.24. The van der Waals surface area contributed by atoms with E-state index < -0.39 is 23.7 Å². The number of hydrogen-bond acceptors (Lipinski definition) is 4. The van der Waals surface area contributed by atoms with Gasteiger partial charge in [-0.2, -0.15) is 0 Å². The Hall–Kier alpha value is -2.24. The fourth-order valence-corrected chi connectivity index (χ4v) is 1.61. The Morgan fingerprint density at radius 3 is 2.55 bits per heavy atom. The third-order valence-electron chi connectivity index (χ3n) is 2.38. The Balaban J connectivity index is 2.71. The zero-order chi connectivity index (χ0) is 15.3. The van der Waals surface area contributed by atoms with Gasteiger partial charge in [0.25, 0.3) is 0 Å². The van der Waals surface area contributed by atoms with Gasteiger partial charge in [-0.3, -0.25) is 0 Å². The van der Waals surface area contributed by atoms with E-state index in [9.17, 15) is 9.59 Å². The van der Waals surface area contributed by atoms with Crippen LogP contribution in [0.5, 0.6) is 0 Å². The topological polar surface area (TPSA) is 102 Å². The van der Waals surface area contributed by atoms with Crippen molar-refractivity contribution >= 4 is 17.7 Å². The first-order chi connectivity index (χ1) is 9.17.